The van der Waals surface area contributed by atoms with Crippen LogP contribution >= 0.6 is 0 Å². The molecular formula is C18H25NO4. The van der Waals surface area contributed by atoms with Crippen molar-refractivity contribution in [2.24, 2.45) is 5.92 Å². The molecule has 1 atom stereocenters. The average Bonchev–Trinajstić information content (AvgIpc) is 3.12. The zero-order valence-corrected chi connectivity index (χ0v) is 13.7. The lowest BCUT2D eigenvalue weighted by Gasteiger charge is -2.34. The van der Waals surface area contributed by atoms with Crippen LogP contribution in [0.5, 0.6) is 5.75 Å². The minimum atomic E-state index is -0.129. The summed E-state index contributed by atoms with van der Waals surface area (Å²) in [4.78, 5) is 14.5. The Kier molecular flexibility index (Phi) is 5.51. The molecule has 0 aliphatic carbocycles. The summed E-state index contributed by atoms with van der Waals surface area (Å²) >= 11 is 0. The minimum absolute atomic E-state index is 0.129. The number of nitrogens with zero attached hydrogens (tertiary/aromatic N) is 1. The first-order valence-electron chi connectivity index (χ1n) is 8.49. The molecule has 1 aromatic rings. The maximum absolute atomic E-state index is 12.6. The molecule has 1 unspecified atom stereocenters. The van der Waals surface area contributed by atoms with Gasteiger partial charge in [0.2, 0.25) is 5.91 Å². The number of carbonyl (C=O) groups excluding carboxylic acids is 1. The summed E-state index contributed by atoms with van der Waals surface area (Å²) in [5.74, 6) is 1.32. The van der Waals surface area contributed by atoms with Crippen LogP contribution in [0.2, 0.25) is 0 Å². The summed E-state index contributed by atoms with van der Waals surface area (Å²) in [5, 5.41) is 0. The fraction of sp³-hybridized carbons (Fsp3) is 0.611. The predicted molar refractivity (Wildman–Crippen MR) is 86.3 cm³/mol. The van der Waals surface area contributed by atoms with Gasteiger partial charge in [0.05, 0.1) is 26.2 Å². The van der Waals surface area contributed by atoms with Gasteiger partial charge in [0, 0.05) is 19.0 Å². The van der Waals surface area contributed by atoms with Crippen molar-refractivity contribution >= 4 is 5.91 Å². The molecule has 2 heterocycles. The Morgan fingerprint density at radius 2 is 2.00 bits per heavy atom. The van der Waals surface area contributed by atoms with Crippen molar-refractivity contribution in [3.05, 3.63) is 29.8 Å². The second-order valence-corrected chi connectivity index (χ2v) is 6.11. The average molecular weight is 319 g/mol. The zero-order chi connectivity index (χ0) is 16.1. The van der Waals surface area contributed by atoms with Gasteiger partial charge in [-0.05, 0) is 37.5 Å². The molecule has 0 aromatic heterocycles. The second-order valence-electron chi connectivity index (χ2n) is 6.11. The maximum atomic E-state index is 12.6. The monoisotopic (exact) mass is 319 g/mol. The van der Waals surface area contributed by atoms with Gasteiger partial charge >= 0.3 is 0 Å². The van der Waals surface area contributed by atoms with Crippen LogP contribution in [-0.4, -0.2) is 50.0 Å². The highest BCUT2D eigenvalue weighted by Gasteiger charge is 2.32. The van der Waals surface area contributed by atoms with E-state index in [0.29, 0.717) is 32.2 Å². The maximum Gasteiger partial charge on any atom is 0.227 e. The van der Waals surface area contributed by atoms with E-state index in [9.17, 15) is 4.79 Å². The Labute approximate surface area is 137 Å². The number of likely N-dealkylation sites (tertiary alicyclic amines) is 1. The van der Waals surface area contributed by atoms with Crippen LogP contribution in [0.3, 0.4) is 0 Å². The molecule has 2 saturated heterocycles. The highest BCUT2D eigenvalue weighted by molar-refractivity contribution is 5.78. The van der Waals surface area contributed by atoms with E-state index in [-0.39, 0.29) is 12.2 Å². The molecule has 2 aliphatic rings. The van der Waals surface area contributed by atoms with E-state index in [1.807, 2.05) is 36.1 Å². The van der Waals surface area contributed by atoms with Gasteiger partial charge in [0.1, 0.15) is 5.75 Å². The summed E-state index contributed by atoms with van der Waals surface area (Å²) in [6, 6.07) is 7.78. The number of carbonyl (C=O) groups is 1. The zero-order valence-electron chi connectivity index (χ0n) is 13.7. The molecule has 126 valence electrons. The largest absolute Gasteiger partial charge is 0.494 e. The lowest BCUT2D eigenvalue weighted by Crippen LogP contribution is -2.44. The van der Waals surface area contributed by atoms with Gasteiger partial charge in [0.15, 0.2) is 6.29 Å². The Morgan fingerprint density at radius 1 is 1.26 bits per heavy atom. The summed E-state index contributed by atoms with van der Waals surface area (Å²) < 4.78 is 16.6. The fourth-order valence-corrected chi connectivity index (χ4v) is 3.26. The standard InChI is InChI=1S/C18H25NO4/c1-2-21-16-7-5-14(6-8-16)12-17(20)19-9-3-4-15(13-19)18-22-10-11-23-18/h5-8,15,18H,2-4,9-13H2,1H3. The van der Waals surface area contributed by atoms with Crippen LogP contribution in [0.15, 0.2) is 24.3 Å². The Morgan fingerprint density at radius 3 is 2.70 bits per heavy atom. The van der Waals surface area contributed by atoms with Crippen LogP contribution in [0, 0.1) is 5.92 Å². The topological polar surface area (TPSA) is 48.0 Å². The van der Waals surface area contributed by atoms with Crippen LogP contribution in [0.25, 0.3) is 0 Å². The molecule has 1 amide bonds. The van der Waals surface area contributed by atoms with Crippen LogP contribution < -0.4 is 4.74 Å². The van der Waals surface area contributed by atoms with E-state index in [4.69, 9.17) is 14.2 Å². The minimum Gasteiger partial charge on any atom is -0.494 e. The third kappa shape index (κ3) is 4.24. The molecule has 0 spiro atoms. The molecule has 0 radical (unpaired) electrons. The van der Waals surface area contributed by atoms with Crippen molar-refractivity contribution in [2.45, 2.75) is 32.5 Å². The Balaban J connectivity index is 1.54. The van der Waals surface area contributed by atoms with E-state index >= 15 is 0 Å². The van der Waals surface area contributed by atoms with Crippen molar-refractivity contribution < 1.29 is 19.0 Å². The molecule has 5 nitrogen and oxygen atoms in total. The van der Waals surface area contributed by atoms with Crippen molar-refractivity contribution in [3.63, 3.8) is 0 Å². The second kappa shape index (κ2) is 7.79. The highest BCUT2D eigenvalue weighted by Crippen LogP contribution is 2.25. The number of benzene rings is 1. The summed E-state index contributed by atoms with van der Waals surface area (Å²) in [5.41, 5.74) is 1.02. The molecule has 23 heavy (non-hydrogen) atoms. The summed E-state index contributed by atoms with van der Waals surface area (Å²) in [6.07, 6.45) is 2.39. The first-order valence-corrected chi connectivity index (χ1v) is 8.49. The summed E-state index contributed by atoms with van der Waals surface area (Å²) in [7, 11) is 0. The van der Waals surface area contributed by atoms with Crippen LogP contribution in [-0.2, 0) is 20.7 Å². The first kappa shape index (κ1) is 16.3. The van der Waals surface area contributed by atoms with Crippen molar-refractivity contribution in [2.75, 3.05) is 32.9 Å². The normalized spacial score (nSPS) is 22.3. The highest BCUT2D eigenvalue weighted by atomic mass is 16.7. The van der Waals surface area contributed by atoms with Gasteiger partial charge in [-0.1, -0.05) is 12.1 Å². The van der Waals surface area contributed by atoms with E-state index in [1.54, 1.807) is 0 Å². The predicted octanol–water partition coefficient (Wildman–Crippen LogP) is 2.24. The number of rotatable bonds is 5. The molecule has 2 fully saturated rings. The number of hydrogen-bond acceptors (Lipinski definition) is 4. The molecule has 0 N–H and O–H groups in total. The molecule has 1 aromatic carbocycles. The number of amides is 1. The molecule has 0 saturated carbocycles. The Hall–Kier alpha value is -1.59. The fourth-order valence-electron chi connectivity index (χ4n) is 3.26. The van der Waals surface area contributed by atoms with Crippen LogP contribution in [0.1, 0.15) is 25.3 Å². The molecule has 3 rings (SSSR count). The SMILES string of the molecule is CCOc1ccc(CC(=O)N2CCCC(C3OCCO3)C2)cc1. The number of hydrogen-bond donors (Lipinski definition) is 0. The quantitative estimate of drug-likeness (QED) is 0.835. The first-order chi connectivity index (χ1) is 11.3. The lowest BCUT2D eigenvalue weighted by atomic mass is 9.96. The van der Waals surface area contributed by atoms with Gasteiger partial charge in [-0.3, -0.25) is 4.79 Å². The van der Waals surface area contributed by atoms with Gasteiger partial charge in [-0.2, -0.15) is 0 Å². The van der Waals surface area contributed by atoms with E-state index < -0.39 is 0 Å². The third-order valence-corrected chi connectivity index (χ3v) is 4.43. The molecule has 2 aliphatic heterocycles. The molecule has 5 heteroatoms. The van der Waals surface area contributed by atoms with E-state index in [0.717, 1.165) is 37.2 Å². The smallest absolute Gasteiger partial charge is 0.227 e. The number of ether oxygens (including phenoxy) is 3. The van der Waals surface area contributed by atoms with Crippen molar-refractivity contribution in [1.29, 1.82) is 0 Å². The summed E-state index contributed by atoms with van der Waals surface area (Å²) in [6.45, 7) is 5.52. The van der Waals surface area contributed by atoms with Gasteiger partial charge < -0.3 is 19.1 Å². The van der Waals surface area contributed by atoms with Gasteiger partial charge in [0.25, 0.3) is 0 Å². The van der Waals surface area contributed by atoms with Crippen molar-refractivity contribution in [1.82, 2.24) is 4.90 Å². The van der Waals surface area contributed by atoms with Gasteiger partial charge in [-0.25, -0.2) is 0 Å². The Bertz CT molecular complexity index is 510. The number of piperidine rings is 1. The molecule has 0 bridgehead atoms. The van der Waals surface area contributed by atoms with Crippen molar-refractivity contribution in [3.8, 4) is 5.75 Å². The van der Waals surface area contributed by atoms with Crippen LogP contribution in [0.4, 0.5) is 0 Å². The molecular weight excluding hydrogens is 294 g/mol. The van der Waals surface area contributed by atoms with Gasteiger partial charge in [-0.15, -0.1) is 0 Å². The van der Waals surface area contributed by atoms with E-state index in [1.165, 1.54) is 0 Å². The van der Waals surface area contributed by atoms with E-state index in [2.05, 4.69) is 0 Å². The third-order valence-electron chi connectivity index (χ3n) is 4.43. The lowest BCUT2D eigenvalue weighted by molar-refractivity contribution is -0.138.